The molecule has 1 rings (SSSR count). The molecule has 13 heavy (non-hydrogen) atoms. The summed E-state index contributed by atoms with van der Waals surface area (Å²) in [4.78, 5) is 0. The fourth-order valence-corrected chi connectivity index (χ4v) is 2.11. The van der Waals surface area contributed by atoms with Gasteiger partial charge < -0.3 is 5.73 Å². The standard InChI is InChI=1S/C10H13BrClN/c1-10(2,6-13)7-4-3-5-8(12)9(7)11/h3-5H,6,13H2,1-2H3. The number of hydrogen-bond acceptors (Lipinski definition) is 1. The highest BCUT2D eigenvalue weighted by molar-refractivity contribution is 9.10. The minimum absolute atomic E-state index is 0.0380. The van der Waals surface area contributed by atoms with Gasteiger partial charge in [-0.1, -0.05) is 37.6 Å². The smallest absolute Gasteiger partial charge is 0.0551 e. The SMILES string of the molecule is CC(C)(CN)c1cccc(Cl)c1Br. The maximum Gasteiger partial charge on any atom is 0.0551 e. The van der Waals surface area contributed by atoms with Gasteiger partial charge in [-0.2, -0.15) is 0 Å². The molecule has 3 heteroatoms. The fraction of sp³-hybridized carbons (Fsp3) is 0.400. The summed E-state index contributed by atoms with van der Waals surface area (Å²) in [6.45, 7) is 4.80. The molecule has 0 spiro atoms. The Morgan fingerprint density at radius 3 is 2.62 bits per heavy atom. The van der Waals surface area contributed by atoms with Crippen molar-refractivity contribution in [2.24, 2.45) is 5.73 Å². The summed E-state index contributed by atoms with van der Waals surface area (Å²) in [6, 6.07) is 5.85. The Bertz CT molecular complexity index is 310. The van der Waals surface area contributed by atoms with Gasteiger partial charge in [-0.25, -0.2) is 0 Å². The molecule has 0 unspecified atom stereocenters. The van der Waals surface area contributed by atoms with Crippen LogP contribution in [0.1, 0.15) is 19.4 Å². The van der Waals surface area contributed by atoms with E-state index in [2.05, 4.69) is 29.8 Å². The van der Waals surface area contributed by atoms with E-state index in [4.69, 9.17) is 17.3 Å². The lowest BCUT2D eigenvalue weighted by Gasteiger charge is -2.24. The van der Waals surface area contributed by atoms with Gasteiger partial charge in [0, 0.05) is 16.4 Å². The van der Waals surface area contributed by atoms with Crippen molar-refractivity contribution < 1.29 is 0 Å². The summed E-state index contributed by atoms with van der Waals surface area (Å²) in [5.41, 5.74) is 6.81. The summed E-state index contributed by atoms with van der Waals surface area (Å²) < 4.78 is 0.951. The van der Waals surface area contributed by atoms with Crippen LogP contribution in [0.2, 0.25) is 5.02 Å². The first-order chi connectivity index (χ1) is 5.99. The van der Waals surface area contributed by atoms with E-state index in [0.29, 0.717) is 6.54 Å². The molecule has 0 saturated heterocycles. The Kier molecular flexibility index (Phi) is 3.38. The van der Waals surface area contributed by atoms with Crippen molar-refractivity contribution >= 4 is 27.5 Å². The number of halogens is 2. The topological polar surface area (TPSA) is 26.0 Å². The van der Waals surface area contributed by atoms with Gasteiger partial charge in [0.1, 0.15) is 0 Å². The van der Waals surface area contributed by atoms with Gasteiger partial charge in [0.05, 0.1) is 5.02 Å². The van der Waals surface area contributed by atoms with Gasteiger partial charge in [-0.15, -0.1) is 0 Å². The molecule has 1 nitrogen and oxygen atoms in total. The number of benzene rings is 1. The Hall–Kier alpha value is -0.0500. The molecule has 0 saturated carbocycles. The average molecular weight is 263 g/mol. The Morgan fingerprint density at radius 2 is 2.08 bits per heavy atom. The van der Waals surface area contributed by atoms with Crippen LogP contribution >= 0.6 is 27.5 Å². The maximum absolute atomic E-state index is 5.99. The molecule has 0 fully saturated rings. The number of hydrogen-bond donors (Lipinski definition) is 1. The van der Waals surface area contributed by atoms with E-state index in [-0.39, 0.29) is 5.41 Å². The van der Waals surface area contributed by atoms with Gasteiger partial charge in [-0.05, 0) is 27.6 Å². The van der Waals surface area contributed by atoms with E-state index < -0.39 is 0 Å². The molecule has 0 radical (unpaired) electrons. The van der Waals surface area contributed by atoms with Gasteiger partial charge in [-0.3, -0.25) is 0 Å². The van der Waals surface area contributed by atoms with Crippen molar-refractivity contribution in [1.82, 2.24) is 0 Å². The van der Waals surface area contributed by atoms with Gasteiger partial charge in [0.2, 0.25) is 0 Å². The molecule has 0 bridgehead atoms. The summed E-state index contributed by atoms with van der Waals surface area (Å²) in [6.07, 6.45) is 0. The molecule has 72 valence electrons. The number of rotatable bonds is 2. The summed E-state index contributed by atoms with van der Waals surface area (Å²) in [7, 11) is 0. The molecular formula is C10H13BrClN. The lowest BCUT2D eigenvalue weighted by atomic mass is 9.85. The second-order valence-corrected chi connectivity index (χ2v) is 4.89. The first-order valence-corrected chi connectivity index (χ1v) is 5.30. The van der Waals surface area contributed by atoms with Gasteiger partial charge in [0.25, 0.3) is 0 Å². The molecule has 0 atom stereocenters. The predicted octanol–water partition coefficient (Wildman–Crippen LogP) is 3.34. The van der Waals surface area contributed by atoms with E-state index in [9.17, 15) is 0 Å². The molecule has 0 heterocycles. The zero-order chi connectivity index (χ0) is 10.1. The highest BCUT2D eigenvalue weighted by Gasteiger charge is 2.21. The maximum atomic E-state index is 5.99. The summed E-state index contributed by atoms with van der Waals surface area (Å²) in [5, 5.41) is 0.735. The Balaban J connectivity index is 3.22. The highest BCUT2D eigenvalue weighted by atomic mass is 79.9. The van der Waals surface area contributed by atoms with Crippen LogP contribution < -0.4 is 5.73 Å². The quantitative estimate of drug-likeness (QED) is 0.869. The molecule has 0 aliphatic rings. The van der Waals surface area contributed by atoms with E-state index in [1.165, 1.54) is 0 Å². The third-order valence-corrected chi connectivity index (χ3v) is 3.59. The molecule has 0 aromatic heterocycles. The monoisotopic (exact) mass is 261 g/mol. The normalized spacial score (nSPS) is 11.8. The van der Waals surface area contributed by atoms with Crippen LogP contribution in [0.25, 0.3) is 0 Å². The predicted molar refractivity (Wildman–Crippen MR) is 61.2 cm³/mol. The molecule has 2 N–H and O–H groups in total. The molecule has 1 aromatic rings. The van der Waals surface area contributed by atoms with Crippen molar-refractivity contribution in [3.63, 3.8) is 0 Å². The minimum atomic E-state index is -0.0380. The highest BCUT2D eigenvalue weighted by Crippen LogP contribution is 2.33. The first-order valence-electron chi connectivity index (χ1n) is 4.13. The summed E-state index contributed by atoms with van der Waals surface area (Å²) >= 11 is 9.46. The van der Waals surface area contributed by atoms with Crippen LogP contribution in [0.4, 0.5) is 0 Å². The van der Waals surface area contributed by atoms with Crippen LogP contribution in [0, 0.1) is 0 Å². The first kappa shape index (κ1) is 11.0. The van der Waals surface area contributed by atoms with Crippen LogP contribution in [0.3, 0.4) is 0 Å². The molecule has 1 aromatic carbocycles. The van der Waals surface area contributed by atoms with Gasteiger partial charge in [0.15, 0.2) is 0 Å². The van der Waals surface area contributed by atoms with Crippen LogP contribution in [0.15, 0.2) is 22.7 Å². The third kappa shape index (κ3) is 2.25. The lowest BCUT2D eigenvalue weighted by Crippen LogP contribution is -2.28. The van der Waals surface area contributed by atoms with Crippen molar-refractivity contribution in [3.05, 3.63) is 33.3 Å². The van der Waals surface area contributed by atoms with Crippen molar-refractivity contribution in [2.45, 2.75) is 19.3 Å². The van der Waals surface area contributed by atoms with Crippen LogP contribution in [-0.2, 0) is 5.41 Å². The average Bonchev–Trinajstić information content (AvgIpc) is 2.09. The van der Waals surface area contributed by atoms with E-state index in [1.807, 2.05) is 18.2 Å². The van der Waals surface area contributed by atoms with Crippen molar-refractivity contribution in [1.29, 1.82) is 0 Å². The lowest BCUT2D eigenvalue weighted by molar-refractivity contribution is 0.536. The van der Waals surface area contributed by atoms with E-state index in [0.717, 1.165) is 15.1 Å². The Morgan fingerprint density at radius 1 is 1.46 bits per heavy atom. The second-order valence-electron chi connectivity index (χ2n) is 3.69. The molecule has 0 aliphatic carbocycles. The van der Waals surface area contributed by atoms with E-state index in [1.54, 1.807) is 0 Å². The minimum Gasteiger partial charge on any atom is -0.330 e. The van der Waals surface area contributed by atoms with Crippen molar-refractivity contribution in [2.75, 3.05) is 6.54 Å². The fourth-order valence-electron chi connectivity index (χ4n) is 1.14. The van der Waals surface area contributed by atoms with Crippen LogP contribution in [0.5, 0.6) is 0 Å². The molecule has 0 aliphatic heterocycles. The van der Waals surface area contributed by atoms with Crippen LogP contribution in [-0.4, -0.2) is 6.54 Å². The Labute approximate surface area is 92.4 Å². The zero-order valence-corrected chi connectivity index (χ0v) is 10.1. The van der Waals surface area contributed by atoms with Gasteiger partial charge >= 0.3 is 0 Å². The molecule has 0 amide bonds. The summed E-state index contributed by atoms with van der Waals surface area (Å²) in [5.74, 6) is 0. The molecular weight excluding hydrogens is 249 g/mol. The largest absolute Gasteiger partial charge is 0.330 e. The van der Waals surface area contributed by atoms with Crippen molar-refractivity contribution in [3.8, 4) is 0 Å². The zero-order valence-electron chi connectivity index (χ0n) is 7.77. The number of nitrogens with two attached hydrogens (primary N) is 1. The van der Waals surface area contributed by atoms with E-state index >= 15 is 0 Å². The second kappa shape index (κ2) is 3.99. The third-order valence-electron chi connectivity index (χ3n) is 2.19.